The van der Waals surface area contributed by atoms with E-state index in [4.69, 9.17) is 10.7 Å². The van der Waals surface area contributed by atoms with Gasteiger partial charge in [-0.1, -0.05) is 0 Å². The van der Waals surface area contributed by atoms with Crippen molar-refractivity contribution in [3.05, 3.63) is 20.1 Å². The van der Waals surface area contributed by atoms with Crippen molar-refractivity contribution in [2.24, 2.45) is 5.73 Å². The maximum Gasteiger partial charge on any atom is 0.206 e. The monoisotopic (exact) mass is 412 g/mol. The molecule has 0 unspecified atom stereocenters. The second kappa shape index (κ2) is 4.96. The molecule has 1 atom stereocenters. The van der Waals surface area contributed by atoms with E-state index in [9.17, 15) is 0 Å². The van der Waals surface area contributed by atoms with Gasteiger partial charge in [0.05, 0.1) is 11.0 Å². The lowest BCUT2D eigenvalue weighted by Crippen LogP contribution is -2.28. The van der Waals surface area contributed by atoms with Crippen LogP contribution < -0.4 is 10.6 Å². The Hall–Kier alpha value is -0.590. The Bertz CT molecular complexity index is 737. The molecule has 0 aliphatic carbocycles. The zero-order valence-corrected chi connectivity index (χ0v) is 15.2. The van der Waals surface area contributed by atoms with Gasteiger partial charge in [-0.3, -0.25) is 0 Å². The highest BCUT2D eigenvalue weighted by Gasteiger charge is 2.29. The molecule has 2 N–H and O–H groups in total. The number of imidazole rings is 1. The van der Waals surface area contributed by atoms with Gasteiger partial charge < -0.3 is 15.2 Å². The van der Waals surface area contributed by atoms with Crippen molar-refractivity contribution in [1.29, 1.82) is 0 Å². The Morgan fingerprint density at radius 3 is 2.76 bits per heavy atom. The number of anilines is 1. The Kier molecular flexibility index (Phi) is 3.32. The van der Waals surface area contributed by atoms with E-state index >= 15 is 0 Å². The van der Waals surface area contributed by atoms with Gasteiger partial charge in [-0.15, -0.1) is 0 Å². The van der Waals surface area contributed by atoms with Crippen molar-refractivity contribution in [2.75, 3.05) is 18.0 Å². The van der Waals surface area contributed by atoms with Gasteiger partial charge in [0.1, 0.15) is 0 Å². The molecule has 0 amide bonds. The molecule has 1 saturated heterocycles. The summed E-state index contributed by atoms with van der Waals surface area (Å²) in [5.74, 6) is 1.10. The van der Waals surface area contributed by atoms with Crippen LogP contribution in [0.25, 0.3) is 11.0 Å². The molecule has 1 aromatic carbocycles. The highest BCUT2D eigenvalue weighted by Crippen LogP contribution is 2.41. The summed E-state index contributed by atoms with van der Waals surface area (Å²) in [6, 6.07) is 0.278. The Labute approximate surface area is 140 Å². The van der Waals surface area contributed by atoms with Crippen LogP contribution in [0.3, 0.4) is 0 Å². The molecule has 0 saturated carbocycles. The Morgan fingerprint density at radius 1 is 1.24 bits per heavy atom. The number of hydrogen-bond donors (Lipinski definition) is 1. The zero-order chi connectivity index (χ0) is 14.7. The lowest BCUT2D eigenvalue weighted by molar-refractivity contribution is 0.622. The SMILES string of the molecule is Cc1c(Br)c(Br)c2c3c1nc(N1CC[C@H](N)C1)n3CCC2. The average Bonchev–Trinajstić information content (AvgIpc) is 3.07. The second-order valence-corrected chi connectivity index (χ2v) is 7.68. The molecule has 4 nitrogen and oxygen atoms in total. The molecule has 112 valence electrons. The first kappa shape index (κ1) is 14.0. The number of benzene rings is 1. The van der Waals surface area contributed by atoms with Crippen LogP contribution in [-0.2, 0) is 13.0 Å². The first-order valence-corrected chi connectivity index (χ1v) is 9.03. The smallest absolute Gasteiger partial charge is 0.206 e. The predicted octanol–water partition coefficient (Wildman–Crippen LogP) is 3.35. The highest BCUT2D eigenvalue weighted by molar-refractivity contribution is 9.13. The van der Waals surface area contributed by atoms with E-state index in [1.54, 1.807) is 0 Å². The molecule has 1 fully saturated rings. The Balaban J connectivity index is 1.99. The fourth-order valence-corrected chi connectivity index (χ4v) is 4.69. The molecular weight excluding hydrogens is 396 g/mol. The molecule has 21 heavy (non-hydrogen) atoms. The van der Waals surface area contributed by atoms with Crippen LogP contribution in [0.1, 0.15) is 24.0 Å². The van der Waals surface area contributed by atoms with Gasteiger partial charge in [-0.2, -0.15) is 0 Å². The van der Waals surface area contributed by atoms with Crippen LogP contribution >= 0.6 is 31.9 Å². The standard InChI is InChI=1S/C15H18Br2N4/c1-8-11(16)12(17)10-3-2-5-21-14(10)13(8)19-15(21)20-6-4-9(18)7-20/h9H,2-7,18H2,1H3/t9-/m0/s1. The third-order valence-electron chi connectivity index (χ3n) is 4.69. The average molecular weight is 414 g/mol. The number of halogens is 2. The number of aryl methyl sites for hydroxylation is 3. The van der Waals surface area contributed by atoms with Gasteiger partial charge in [-0.05, 0) is 69.2 Å². The minimum absolute atomic E-state index is 0.278. The number of aromatic nitrogens is 2. The van der Waals surface area contributed by atoms with Crippen molar-refractivity contribution in [1.82, 2.24) is 9.55 Å². The Morgan fingerprint density at radius 2 is 2.05 bits per heavy atom. The van der Waals surface area contributed by atoms with E-state index in [0.29, 0.717) is 0 Å². The molecular formula is C15H18Br2N4. The number of nitrogens with two attached hydrogens (primary N) is 1. The van der Waals surface area contributed by atoms with E-state index in [0.717, 1.165) is 48.4 Å². The predicted molar refractivity (Wildman–Crippen MR) is 93.0 cm³/mol. The first-order valence-electron chi connectivity index (χ1n) is 7.45. The largest absolute Gasteiger partial charge is 0.341 e. The fourth-order valence-electron chi connectivity index (χ4n) is 3.58. The maximum atomic E-state index is 6.08. The molecule has 0 spiro atoms. The molecule has 0 radical (unpaired) electrons. The van der Waals surface area contributed by atoms with E-state index in [1.807, 2.05) is 0 Å². The third-order valence-corrected chi connectivity index (χ3v) is 7.09. The zero-order valence-electron chi connectivity index (χ0n) is 12.0. The molecule has 1 aromatic heterocycles. The van der Waals surface area contributed by atoms with E-state index in [1.165, 1.54) is 27.5 Å². The van der Waals surface area contributed by atoms with Gasteiger partial charge in [0.2, 0.25) is 5.95 Å². The summed E-state index contributed by atoms with van der Waals surface area (Å²) in [6.45, 7) is 5.12. The highest BCUT2D eigenvalue weighted by atomic mass is 79.9. The van der Waals surface area contributed by atoms with Crippen LogP contribution in [0.2, 0.25) is 0 Å². The van der Waals surface area contributed by atoms with Crippen LogP contribution in [0, 0.1) is 6.92 Å². The maximum absolute atomic E-state index is 6.08. The summed E-state index contributed by atoms with van der Waals surface area (Å²) in [6.07, 6.45) is 3.34. The van der Waals surface area contributed by atoms with Crippen molar-refractivity contribution in [3.8, 4) is 0 Å². The minimum Gasteiger partial charge on any atom is -0.341 e. The van der Waals surface area contributed by atoms with Crippen LogP contribution in [-0.4, -0.2) is 28.7 Å². The third kappa shape index (κ3) is 1.99. The molecule has 2 aliphatic rings. The molecule has 0 bridgehead atoms. The number of rotatable bonds is 1. The van der Waals surface area contributed by atoms with Crippen molar-refractivity contribution >= 4 is 48.8 Å². The van der Waals surface area contributed by atoms with Crippen molar-refractivity contribution < 1.29 is 0 Å². The van der Waals surface area contributed by atoms with Gasteiger partial charge in [0, 0.05) is 34.6 Å². The van der Waals surface area contributed by atoms with Crippen LogP contribution in [0.5, 0.6) is 0 Å². The van der Waals surface area contributed by atoms with Gasteiger partial charge in [-0.25, -0.2) is 4.98 Å². The summed E-state index contributed by atoms with van der Waals surface area (Å²) in [4.78, 5) is 7.33. The molecule has 6 heteroatoms. The molecule has 4 rings (SSSR count). The van der Waals surface area contributed by atoms with Gasteiger partial charge in [0.15, 0.2) is 0 Å². The second-order valence-electron chi connectivity index (χ2n) is 6.09. The molecule has 2 aliphatic heterocycles. The summed E-state index contributed by atoms with van der Waals surface area (Å²) in [5.41, 5.74) is 11.1. The topological polar surface area (TPSA) is 47.1 Å². The van der Waals surface area contributed by atoms with Gasteiger partial charge >= 0.3 is 0 Å². The van der Waals surface area contributed by atoms with E-state index in [2.05, 4.69) is 48.3 Å². The first-order chi connectivity index (χ1) is 10.1. The quantitative estimate of drug-likeness (QED) is 0.779. The summed E-state index contributed by atoms with van der Waals surface area (Å²) < 4.78 is 4.73. The van der Waals surface area contributed by atoms with Crippen molar-refractivity contribution in [3.63, 3.8) is 0 Å². The number of nitrogens with zero attached hydrogens (tertiary/aromatic N) is 3. The number of hydrogen-bond acceptors (Lipinski definition) is 3. The molecule has 3 heterocycles. The minimum atomic E-state index is 0.278. The summed E-state index contributed by atoms with van der Waals surface area (Å²) in [7, 11) is 0. The van der Waals surface area contributed by atoms with E-state index in [-0.39, 0.29) is 6.04 Å². The fraction of sp³-hybridized carbons (Fsp3) is 0.533. The molecule has 2 aromatic rings. The summed E-state index contributed by atoms with van der Waals surface area (Å²) >= 11 is 7.47. The van der Waals surface area contributed by atoms with Gasteiger partial charge in [0.25, 0.3) is 0 Å². The lowest BCUT2D eigenvalue weighted by Gasteiger charge is -2.23. The van der Waals surface area contributed by atoms with E-state index < -0.39 is 0 Å². The van der Waals surface area contributed by atoms with Crippen LogP contribution in [0.4, 0.5) is 5.95 Å². The van der Waals surface area contributed by atoms with Crippen molar-refractivity contribution in [2.45, 2.75) is 38.8 Å². The van der Waals surface area contributed by atoms with Crippen LogP contribution in [0.15, 0.2) is 8.95 Å². The lowest BCUT2D eigenvalue weighted by atomic mass is 10.0. The normalized spacial score (nSPS) is 21.5. The summed E-state index contributed by atoms with van der Waals surface area (Å²) in [5, 5.41) is 0.